The summed E-state index contributed by atoms with van der Waals surface area (Å²) in [5.41, 5.74) is 0. The van der Waals surface area contributed by atoms with Crippen LogP contribution in [0.15, 0.2) is 0 Å². The summed E-state index contributed by atoms with van der Waals surface area (Å²) in [7, 11) is -2.79. The van der Waals surface area contributed by atoms with Crippen molar-refractivity contribution in [1.82, 2.24) is 9.80 Å². The highest BCUT2D eigenvalue weighted by Gasteiger charge is 2.34. The van der Waals surface area contributed by atoms with Crippen LogP contribution in [0.2, 0.25) is 0 Å². The van der Waals surface area contributed by atoms with Crippen LogP contribution in [0.5, 0.6) is 0 Å². The van der Waals surface area contributed by atoms with E-state index in [0.717, 1.165) is 32.6 Å². The molecule has 5 nitrogen and oxygen atoms in total. The molecule has 2 aliphatic rings. The van der Waals surface area contributed by atoms with Gasteiger partial charge in [-0.2, -0.15) is 5.26 Å². The quantitative estimate of drug-likeness (QED) is 0.680. The Bertz CT molecular complexity index is 407. The maximum Gasteiger partial charge on any atom is 0.151 e. The van der Waals surface area contributed by atoms with E-state index in [1.54, 1.807) is 0 Å². The lowest BCUT2D eigenvalue weighted by Gasteiger charge is -2.38. The lowest BCUT2D eigenvalue weighted by Crippen LogP contribution is -2.52. The number of sulfone groups is 1. The van der Waals surface area contributed by atoms with E-state index in [2.05, 4.69) is 15.9 Å². The van der Waals surface area contributed by atoms with Crippen molar-refractivity contribution in [2.24, 2.45) is 0 Å². The number of piperazine rings is 1. The summed E-state index contributed by atoms with van der Waals surface area (Å²) in [6, 6.07) is 2.41. The van der Waals surface area contributed by atoms with Crippen molar-refractivity contribution in [3.05, 3.63) is 0 Å². The predicted octanol–water partition coefficient (Wildman–Crippen LogP) is -0.297. The van der Waals surface area contributed by atoms with E-state index in [-0.39, 0.29) is 12.1 Å². The van der Waals surface area contributed by atoms with Crippen molar-refractivity contribution in [2.45, 2.75) is 25.4 Å². The van der Waals surface area contributed by atoms with Gasteiger partial charge in [0.2, 0.25) is 0 Å². The summed E-state index contributed by atoms with van der Waals surface area (Å²) in [4.78, 5) is 4.42. The maximum absolute atomic E-state index is 11.4. The first-order valence-electron chi connectivity index (χ1n) is 6.10. The molecule has 0 aromatic carbocycles. The second-order valence-electron chi connectivity index (χ2n) is 4.93. The lowest BCUT2D eigenvalue weighted by atomic mass is 10.1. The number of hydrogen-bond donors (Lipinski definition) is 0. The molecule has 2 rings (SSSR count). The second kappa shape index (κ2) is 4.92. The van der Waals surface area contributed by atoms with Gasteiger partial charge in [-0.05, 0) is 13.3 Å². The molecule has 96 valence electrons. The summed E-state index contributed by atoms with van der Waals surface area (Å²) in [5, 5.41) is 8.85. The highest BCUT2D eigenvalue weighted by atomic mass is 32.2. The Morgan fingerprint density at radius 2 is 1.94 bits per heavy atom. The van der Waals surface area contributed by atoms with Gasteiger partial charge in [0.25, 0.3) is 0 Å². The van der Waals surface area contributed by atoms with Crippen LogP contribution in [0.1, 0.15) is 13.3 Å². The summed E-state index contributed by atoms with van der Waals surface area (Å²) in [5.74, 6) is 0.660. The number of hydrogen-bond acceptors (Lipinski definition) is 5. The fourth-order valence-corrected chi connectivity index (χ4v) is 4.40. The first-order valence-corrected chi connectivity index (χ1v) is 7.92. The van der Waals surface area contributed by atoms with E-state index < -0.39 is 9.84 Å². The molecule has 0 bridgehead atoms. The van der Waals surface area contributed by atoms with Crippen LogP contribution < -0.4 is 0 Å². The normalized spacial score (nSPS) is 32.1. The summed E-state index contributed by atoms with van der Waals surface area (Å²) in [6.07, 6.45) is 0.774. The average molecular weight is 257 g/mol. The second-order valence-corrected chi connectivity index (χ2v) is 7.16. The number of rotatable bonds is 2. The van der Waals surface area contributed by atoms with Gasteiger partial charge in [0.05, 0.1) is 23.6 Å². The molecule has 17 heavy (non-hydrogen) atoms. The third-order valence-electron chi connectivity index (χ3n) is 3.81. The van der Waals surface area contributed by atoms with Crippen LogP contribution in [0.25, 0.3) is 0 Å². The van der Waals surface area contributed by atoms with E-state index in [9.17, 15) is 8.42 Å². The Labute approximate surface area is 103 Å². The highest BCUT2D eigenvalue weighted by molar-refractivity contribution is 7.91. The molecule has 2 fully saturated rings. The molecule has 6 heteroatoms. The molecule has 2 heterocycles. The molecular weight excluding hydrogens is 238 g/mol. The Morgan fingerprint density at radius 1 is 1.29 bits per heavy atom. The van der Waals surface area contributed by atoms with E-state index in [1.165, 1.54) is 0 Å². The molecule has 2 unspecified atom stereocenters. The molecule has 2 atom stereocenters. The topological polar surface area (TPSA) is 64.4 Å². The minimum absolute atomic E-state index is 0.0375. The molecule has 2 aliphatic heterocycles. The van der Waals surface area contributed by atoms with Gasteiger partial charge in [-0.25, -0.2) is 8.42 Å². The first-order chi connectivity index (χ1) is 8.02. The molecule has 0 saturated carbocycles. The lowest BCUT2D eigenvalue weighted by molar-refractivity contribution is 0.0939. The van der Waals surface area contributed by atoms with E-state index >= 15 is 0 Å². The Balaban J connectivity index is 1.86. The molecule has 0 spiro atoms. The average Bonchev–Trinajstić information content (AvgIpc) is 2.69. The molecule has 0 amide bonds. The van der Waals surface area contributed by atoms with Gasteiger partial charge < -0.3 is 0 Å². The van der Waals surface area contributed by atoms with Gasteiger partial charge >= 0.3 is 0 Å². The third kappa shape index (κ3) is 2.97. The zero-order valence-electron chi connectivity index (χ0n) is 10.2. The first kappa shape index (κ1) is 12.8. The Kier molecular flexibility index (Phi) is 3.71. The smallest absolute Gasteiger partial charge is 0.151 e. The molecule has 0 aliphatic carbocycles. The highest BCUT2D eigenvalue weighted by Crippen LogP contribution is 2.19. The van der Waals surface area contributed by atoms with Gasteiger partial charge in [0.1, 0.15) is 0 Å². The fourth-order valence-electron chi connectivity index (χ4n) is 2.63. The number of nitrogens with zero attached hydrogens (tertiary/aromatic N) is 3. The fraction of sp³-hybridized carbons (Fsp3) is 0.909. The van der Waals surface area contributed by atoms with Gasteiger partial charge in [0.15, 0.2) is 9.84 Å². The summed E-state index contributed by atoms with van der Waals surface area (Å²) < 4.78 is 22.8. The number of nitriles is 1. The monoisotopic (exact) mass is 257 g/mol. The minimum atomic E-state index is -2.79. The van der Waals surface area contributed by atoms with Crippen LogP contribution in [-0.4, -0.2) is 68.0 Å². The molecule has 2 saturated heterocycles. The van der Waals surface area contributed by atoms with Crippen LogP contribution in [0.4, 0.5) is 0 Å². The van der Waals surface area contributed by atoms with Crippen molar-refractivity contribution >= 4 is 9.84 Å². The van der Waals surface area contributed by atoms with Crippen molar-refractivity contribution in [3.63, 3.8) is 0 Å². The Hall–Kier alpha value is -0.640. The van der Waals surface area contributed by atoms with Crippen molar-refractivity contribution < 1.29 is 8.42 Å². The van der Waals surface area contributed by atoms with E-state index in [4.69, 9.17) is 5.26 Å². The molecule has 0 N–H and O–H groups in total. The van der Waals surface area contributed by atoms with Gasteiger partial charge in [-0.1, -0.05) is 0 Å². The Morgan fingerprint density at radius 3 is 2.41 bits per heavy atom. The molecule has 0 radical (unpaired) electrons. The minimum Gasteiger partial charge on any atom is -0.297 e. The standard InChI is InChI=1S/C11H19N3O2S/c1-10(8-12)13-3-5-14(6-4-13)11-2-7-17(15,16)9-11/h10-11H,2-7,9H2,1H3. The van der Waals surface area contributed by atoms with E-state index in [0.29, 0.717) is 11.5 Å². The van der Waals surface area contributed by atoms with Crippen molar-refractivity contribution in [3.8, 4) is 6.07 Å². The van der Waals surface area contributed by atoms with Crippen molar-refractivity contribution in [1.29, 1.82) is 5.26 Å². The van der Waals surface area contributed by atoms with Crippen LogP contribution >= 0.6 is 0 Å². The largest absolute Gasteiger partial charge is 0.297 e. The molecular formula is C11H19N3O2S. The van der Waals surface area contributed by atoms with Crippen LogP contribution in [-0.2, 0) is 9.84 Å². The zero-order chi connectivity index (χ0) is 12.5. The predicted molar refractivity (Wildman–Crippen MR) is 65.3 cm³/mol. The van der Waals surface area contributed by atoms with Gasteiger partial charge in [0, 0.05) is 32.2 Å². The summed E-state index contributed by atoms with van der Waals surface area (Å²) >= 11 is 0. The van der Waals surface area contributed by atoms with Gasteiger partial charge in [-0.3, -0.25) is 9.80 Å². The molecule has 0 aromatic heterocycles. The van der Waals surface area contributed by atoms with Crippen LogP contribution in [0, 0.1) is 11.3 Å². The summed E-state index contributed by atoms with van der Waals surface area (Å²) in [6.45, 7) is 5.41. The van der Waals surface area contributed by atoms with E-state index in [1.807, 2.05) is 6.92 Å². The van der Waals surface area contributed by atoms with Crippen LogP contribution in [0.3, 0.4) is 0 Å². The van der Waals surface area contributed by atoms with Crippen molar-refractivity contribution in [2.75, 3.05) is 37.7 Å². The third-order valence-corrected chi connectivity index (χ3v) is 5.56. The van der Waals surface area contributed by atoms with Gasteiger partial charge in [-0.15, -0.1) is 0 Å². The molecule has 0 aromatic rings. The zero-order valence-corrected chi connectivity index (χ0v) is 11.0. The maximum atomic E-state index is 11.4. The SMILES string of the molecule is CC(C#N)N1CCN(C2CCS(=O)(=O)C2)CC1.